The number of aromatic nitrogens is 3. The van der Waals surface area contributed by atoms with Crippen molar-refractivity contribution in [2.75, 3.05) is 13.1 Å². The lowest BCUT2D eigenvalue weighted by Gasteiger charge is -2.31. The van der Waals surface area contributed by atoms with Crippen LogP contribution in [-0.2, 0) is 17.8 Å². The Morgan fingerprint density at radius 3 is 2.54 bits per heavy atom. The zero-order valence-electron chi connectivity index (χ0n) is 19.4. The Hall–Kier alpha value is -3.44. The molecule has 3 atom stereocenters. The minimum absolute atomic E-state index is 0.00708. The summed E-state index contributed by atoms with van der Waals surface area (Å²) in [6.45, 7) is 2.76. The molecule has 0 radical (unpaired) electrons. The minimum atomic E-state index is -1.80. The number of nitrogens with one attached hydrogen (secondary N) is 1. The van der Waals surface area contributed by atoms with Gasteiger partial charge in [0.05, 0.1) is 5.69 Å². The first-order valence-corrected chi connectivity index (χ1v) is 11.8. The van der Waals surface area contributed by atoms with Crippen molar-refractivity contribution in [3.63, 3.8) is 0 Å². The van der Waals surface area contributed by atoms with E-state index in [-0.39, 0.29) is 17.8 Å². The number of carbonyl (C=O) groups excluding carboxylic acids is 2. The summed E-state index contributed by atoms with van der Waals surface area (Å²) in [6.07, 6.45) is 5.00. The van der Waals surface area contributed by atoms with Crippen molar-refractivity contribution in [1.82, 2.24) is 19.7 Å². The number of benzene rings is 1. The van der Waals surface area contributed by atoms with E-state index in [1.807, 2.05) is 12.1 Å². The number of carbonyl (C=O) groups is 2. The van der Waals surface area contributed by atoms with Gasteiger partial charge in [-0.25, -0.2) is 14.5 Å². The van der Waals surface area contributed by atoms with Gasteiger partial charge in [-0.15, -0.1) is 0 Å². The predicted octanol–water partition coefficient (Wildman–Crippen LogP) is 0.234. The van der Waals surface area contributed by atoms with Gasteiger partial charge in [-0.2, -0.15) is 5.10 Å². The summed E-state index contributed by atoms with van der Waals surface area (Å²) >= 11 is 0. The number of primary amides is 1. The molecule has 0 bridgehead atoms. The third-order valence-electron chi connectivity index (χ3n) is 6.26. The molecule has 4 N–H and O–H groups in total. The van der Waals surface area contributed by atoms with Crippen LogP contribution in [0, 0.1) is 5.21 Å². The van der Waals surface area contributed by atoms with Crippen molar-refractivity contribution in [3.05, 3.63) is 83.0 Å². The second kappa shape index (κ2) is 11.3. The molecule has 0 spiro atoms. The van der Waals surface area contributed by atoms with Crippen LogP contribution in [0.3, 0.4) is 0 Å². The largest absolute Gasteiger partial charge is 0.626 e. The van der Waals surface area contributed by atoms with E-state index < -0.39 is 29.0 Å². The Kier molecular flexibility index (Phi) is 7.98. The van der Waals surface area contributed by atoms with E-state index in [1.54, 1.807) is 36.5 Å². The Bertz CT molecular complexity index is 1150. The summed E-state index contributed by atoms with van der Waals surface area (Å²) in [6, 6.07) is 12.5. The maximum atomic E-state index is 13.3. The minimum Gasteiger partial charge on any atom is -0.626 e. The summed E-state index contributed by atoms with van der Waals surface area (Å²) in [7, 11) is 0. The van der Waals surface area contributed by atoms with Crippen molar-refractivity contribution < 1.29 is 19.8 Å². The Morgan fingerprint density at radius 2 is 1.83 bits per heavy atom. The lowest BCUT2D eigenvalue weighted by molar-refractivity contribution is -0.792. The Morgan fingerprint density at radius 1 is 1.09 bits per heavy atom. The number of piperidine rings is 1. The normalized spacial score (nSPS) is 17.0. The summed E-state index contributed by atoms with van der Waals surface area (Å²) in [5, 5.41) is 27.3. The SMILES string of the molecule is NC(=O)C(O)C(Cc1ccccc1)[NH+]([O-])C(=O)c1cccnc1-n1ccc(CN2CCCCC2)n1. The monoisotopic (exact) mass is 478 g/mol. The molecule has 1 aliphatic heterocycles. The molecule has 2 amide bonds. The fraction of sp³-hybridized carbons (Fsp3) is 0.360. The van der Waals surface area contributed by atoms with E-state index in [9.17, 15) is 19.9 Å². The average Bonchev–Trinajstić information content (AvgIpc) is 3.35. The van der Waals surface area contributed by atoms with E-state index >= 15 is 0 Å². The number of hydroxylamine groups is 2. The first-order chi connectivity index (χ1) is 16.9. The smallest absolute Gasteiger partial charge is 0.348 e. The summed E-state index contributed by atoms with van der Waals surface area (Å²) in [5.74, 6) is -1.71. The zero-order valence-corrected chi connectivity index (χ0v) is 19.4. The highest BCUT2D eigenvalue weighted by molar-refractivity contribution is 5.91. The third-order valence-corrected chi connectivity index (χ3v) is 6.26. The molecule has 10 nitrogen and oxygen atoms in total. The van der Waals surface area contributed by atoms with E-state index in [2.05, 4.69) is 15.0 Å². The van der Waals surface area contributed by atoms with Gasteiger partial charge >= 0.3 is 5.91 Å². The molecule has 2 aromatic heterocycles. The first-order valence-electron chi connectivity index (χ1n) is 11.8. The van der Waals surface area contributed by atoms with Crippen molar-refractivity contribution in [2.45, 2.75) is 44.4 Å². The molecule has 1 saturated heterocycles. The van der Waals surface area contributed by atoms with Crippen LogP contribution in [0.4, 0.5) is 0 Å². The van der Waals surface area contributed by atoms with E-state index in [0.717, 1.165) is 18.8 Å². The topological polar surface area (TPSA) is 142 Å². The molecule has 1 aliphatic rings. The van der Waals surface area contributed by atoms with Crippen molar-refractivity contribution >= 4 is 11.8 Å². The summed E-state index contributed by atoms with van der Waals surface area (Å²) in [5.41, 5.74) is 6.86. The van der Waals surface area contributed by atoms with Crippen LogP contribution >= 0.6 is 0 Å². The van der Waals surface area contributed by atoms with Crippen LogP contribution in [0.5, 0.6) is 0 Å². The third kappa shape index (κ3) is 5.98. The molecule has 3 heterocycles. The number of nitrogens with two attached hydrogens (primary N) is 1. The molecule has 1 aromatic carbocycles. The van der Waals surface area contributed by atoms with Gasteiger partial charge in [-0.05, 0) is 49.7 Å². The molecule has 0 saturated carbocycles. The number of aliphatic hydroxyl groups is 1. The number of nitrogens with zero attached hydrogens (tertiary/aromatic N) is 4. The highest BCUT2D eigenvalue weighted by atomic mass is 16.5. The number of amides is 2. The van der Waals surface area contributed by atoms with Gasteiger partial charge in [0.25, 0.3) is 5.91 Å². The van der Waals surface area contributed by atoms with Crippen LogP contribution < -0.4 is 10.8 Å². The maximum Gasteiger partial charge on any atom is 0.348 e. The molecule has 35 heavy (non-hydrogen) atoms. The Labute approximate surface area is 203 Å². The van der Waals surface area contributed by atoms with E-state index in [4.69, 9.17) is 5.73 Å². The fourth-order valence-electron chi connectivity index (χ4n) is 4.38. The zero-order chi connectivity index (χ0) is 24.8. The van der Waals surface area contributed by atoms with Crippen LogP contribution in [0.25, 0.3) is 5.82 Å². The van der Waals surface area contributed by atoms with Gasteiger partial charge in [0.1, 0.15) is 11.6 Å². The molecular formula is C25H30N6O4. The maximum absolute atomic E-state index is 13.3. The molecule has 1 fully saturated rings. The summed E-state index contributed by atoms with van der Waals surface area (Å²) in [4.78, 5) is 31.7. The number of rotatable bonds is 9. The van der Waals surface area contributed by atoms with Crippen molar-refractivity contribution in [3.8, 4) is 5.82 Å². The number of hydrogen-bond donors (Lipinski definition) is 3. The molecule has 3 unspecified atom stereocenters. The number of aliphatic hydroxyl groups excluding tert-OH is 1. The van der Waals surface area contributed by atoms with Gasteiger partial charge < -0.3 is 16.0 Å². The standard InChI is InChI=1S/C25H30N6O4/c26-23(33)22(32)21(16-18-8-3-1-4-9-18)31(35)25(34)20-10-7-12-27-24(20)30-15-11-19(28-30)17-29-13-5-2-6-14-29/h1,3-4,7-12,15,21-22,31-32H,2,5-6,13-14,16-17H2,(H2,26,33). The predicted molar refractivity (Wildman–Crippen MR) is 128 cm³/mol. The van der Waals surface area contributed by atoms with E-state index in [1.165, 1.54) is 36.2 Å². The van der Waals surface area contributed by atoms with Crippen LogP contribution in [0.2, 0.25) is 0 Å². The fourth-order valence-corrected chi connectivity index (χ4v) is 4.38. The van der Waals surface area contributed by atoms with E-state index in [0.29, 0.717) is 12.1 Å². The summed E-state index contributed by atoms with van der Waals surface area (Å²) < 4.78 is 1.48. The molecule has 10 heteroatoms. The van der Waals surface area contributed by atoms with Crippen LogP contribution in [0.15, 0.2) is 60.9 Å². The van der Waals surface area contributed by atoms with Gasteiger partial charge in [0.2, 0.25) is 0 Å². The molecule has 4 rings (SSSR count). The number of likely N-dealkylation sites (tertiary alicyclic amines) is 1. The second-order valence-electron chi connectivity index (χ2n) is 8.80. The quantitative estimate of drug-likeness (QED) is 0.374. The molecule has 3 aromatic rings. The lowest BCUT2D eigenvalue weighted by atomic mass is 10.00. The average molecular weight is 479 g/mol. The Balaban J connectivity index is 1.57. The first kappa shape index (κ1) is 24.7. The van der Waals surface area contributed by atoms with Gasteiger partial charge in [-0.3, -0.25) is 14.8 Å². The lowest BCUT2D eigenvalue weighted by Crippen LogP contribution is -3.16. The number of quaternary nitrogens is 1. The van der Waals surface area contributed by atoms with Crippen LogP contribution in [-0.4, -0.2) is 61.8 Å². The van der Waals surface area contributed by atoms with Gasteiger partial charge in [-0.1, -0.05) is 36.8 Å². The van der Waals surface area contributed by atoms with Crippen molar-refractivity contribution in [2.24, 2.45) is 5.73 Å². The highest BCUT2D eigenvalue weighted by Gasteiger charge is 2.35. The van der Waals surface area contributed by atoms with Crippen LogP contribution in [0.1, 0.15) is 40.9 Å². The number of hydrogen-bond acceptors (Lipinski definition) is 7. The second-order valence-corrected chi connectivity index (χ2v) is 8.80. The number of pyridine rings is 1. The van der Waals surface area contributed by atoms with Crippen molar-refractivity contribution in [1.29, 1.82) is 0 Å². The van der Waals surface area contributed by atoms with Gasteiger partial charge in [0.15, 0.2) is 11.9 Å². The highest BCUT2D eigenvalue weighted by Crippen LogP contribution is 2.15. The molecule has 0 aliphatic carbocycles. The molecule has 184 valence electrons. The van der Waals surface area contributed by atoms with Gasteiger partial charge in [0, 0.05) is 25.4 Å². The molecular weight excluding hydrogens is 448 g/mol.